The fourth-order valence-electron chi connectivity index (χ4n) is 3.38. The Hall–Kier alpha value is -4.52. The molecule has 0 saturated carbocycles. The minimum atomic E-state index is -0.457. The number of oxazole rings is 1. The molecule has 5 aromatic rings. The topological polar surface area (TPSA) is 91.2 Å². The van der Waals surface area contributed by atoms with E-state index in [4.69, 9.17) is 13.6 Å². The average Bonchev–Trinajstić information content (AvgIpc) is 3.51. The molecule has 7 heteroatoms. The highest BCUT2D eigenvalue weighted by Gasteiger charge is 2.15. The molecule has 0 atom stereocenters. The number of nitrogens with zero attached hydrogens (tertiary/aromatic N) is 3. The molecule has 0 saturated heterocycles. The quantitative estimate of drug-likeness (QED) is 0.291. The first kappa shape index (κ1) is 21.3. The van der Waals surface area contributed by atoms with Crippen LogP contribution in [0.15, 0.2) is 87.7 Å². The summed E-state index contributed by atoms with van der Waals surface area (Å²) in [6.07, 6.45) is 0. The maximum atomic E-state index is 12.5. The number of carbonyl (C=O) groups excluding carboxylic acids is 1. The molecule has 0 N–H and O–H groups in total. The predicted octanol–water partition coefficient (Wildman–Crippen LogP) is 6.03. The fraction of sp³-hybridized carbons (Fsp3) is 0.111. The van der Waals surface area contributed by atoms with Crippen LogP contribution < -0.4 is 0 Å². The van der Waals surface area contributed by atoms with Gasteiger partial charge in [0, 0.05) is 16.7 Å². The number of hydrogen-bond acceptors (Lipinski definition) is 7. The third-order valence-electron chi connectivity index (χ3n) is 5.34. The van der Waals surface area contributed by atoms with Crippen LogP contribution in [0.3, 0.4) is 0 Å². The van der Waals surface area contributed by atoms with Crippen LogP contribution in [0.1, 0.15) is 27.4 Å². The van der Waals surface area contributed by atoms with E-state index in [1.165, 1.54) is 0 Å². The van der Waals surface area contributed by atoms with Crippen LogP contribution in [0, 0.1) is 13.8 Å². The van der Waals surface area contributed by atoms with E-state index in [9.17, 15) is 4.79 Å². The molecule has 7 nitrogen and oxygen atoms in total. The van der Waals surface area contributed by atoms with Crippen molar-refractivity contribution in [2.24, 2.45) is 0 Å². The number of rotatable bonds is 6. The Bertz CT molecular complexity index is 1420. The van der Waals surface area contributed by atoms with Gasteiger partial charge in [0.05, 0.1) is 5.56 Å². The lowest BCUT2D eigenvalue weighted by Crippen LogP contribution is -2.06. The van der Waals surface area contributed by atoms with Gasteiger partial charge in [0.15, 0.2) is 0 Å². The second-order valence-electron chi connectivity index (χ2n) is 7.82. The Kier molecular flexibility index (Phi) is 5.74. The number of aromatic nitrogens is 3. The lowest BCUT2D eigenvalue weighted by Gasteiger charge is -2.04. The van der Waals surface area contributed by atoms with Crippen molar-refractivity contribution in [1.29, 1.82) is 0 Å². The molecule has 5 rings (SSSR count). The first-order chi connectivity index (χ1) is 16.6. The Balaban J connectivity index is 1.24. The molecule has 0 radical (unpaired) electrons. The zero-order chi connectivity index (χ0) is 23.5. The molecule has 2 aromatic heterocycles. The van der Waals surface area contributed by atoms with E-state index >= 15 is 0 Å². The Labute approximate surface area is 196 Å². The summed E-state index contributed by atoms with van der Waals surface area (Å²) in [7, 11) is 0. The highest BCUT2D eigenvalue weighted by atomic mass is 16.5. The van der Waals surface area contributed by atoms with Gasteiger partial charge >= 0.3 is 5.97 Å². The van der Waals surface area contributed by atoms with Crippen LogP contribution in [0.5, 0.6) is 0 Å². The van der Waals surface area contributed by atoms with Crippen LogP contribution in [-0.2, 0) is 11.3 Å². The third kappa shape index (κ3) is 4.49. The molecule has 0 amide bonds. The molecule has 0 fully saturated rings. The lowest BCUT2D eigenvalue weighted by atomic mass is 10.1. The SMILES string of the molecule is Cc1ccc(-c2nnc(-c3ccc(C(=O)OCc4nc(-c5ccccc5)oc4C)cc3)o2)cc1. The van der Waals surface area contributed by atoms with Gasteiger partial charge in [0.1, 0.15) is 18.1 Å². The van der Waals surface area contributed by atoms with E-state index in [0.29, 0.717) is 40.3 Å². The van der Waals surface area contributed by atoms with Gasteiger partial charge in [0.2, 0.25) is 17.7 Å². The first-order valence-corrected chi connectivity index (χ1v) is 10.8. The molecule has 0 aliphatic heterocycles. The second kappa shape index (κ2) is 9.15. The van der Waals surface area contributed by atoms with Crippen LogP contribution in [0.2, 0.25) is 0 Å². The molecule has 0 bridgehead atoms. The zero-order valence-electron chi connectivity index (χ0n) is 18.7. The van der Waals surface area contributed by atoms with Crippen LogP contribution >= 0.6 is 0 Å². The van der Waals surface area contributed by atoms with Crippen LogP contribution in [0.25, 0.3) is 34.4 Å². The van der Waals surface area contributed by atoms with E-state index in [1.54, 1.807) is 31.2 Å². The summed E-state index contributed by atoms with van der Waals surface area (Å²) in [6, 6.07) is 24.3. The molecule has 34 heavy (non-hydrogen) atoms. The van der Waals surface area contributed by atoms with Crippen LogP contribution in [-0.4, -0.2) is 21.2 Å². The molecular formula is C27H21N3O4. The molecule has 0 aliphatic rings. The number of hydrogen-bond donors (Lipinski definition) is 0. The van der Waals surface area contributed by atoms with Crippen molar-refractivity contribution < 1.29 is 18.4 Å². The van der Waals surface area contributed by atoms with E-state index in [2.05, 4.69) is 15.2 Å². The van der Waals surface area contributed by atoms with E-state index in [0.717, 1.165) is 16.7 Å². The summed E-state index contributed by atoms with van der Waals surface area (Å²) in [4.78, 5) is 17.0. The maximum absolute atomic E-state index is 12.5. The maximum Gasteiger partial charge on any atom is 0.338 e. The third-order valence-corrected chi connectivity index (χ3v) is 5.34. The minimum Gasteiger partial charge on any atom is -0.455 e. The van der Waals surface area contributed by atoms with Gasteiger partial charge in [-0.05, 0) is 62.4 Å². The summed E-state index contributed by atoms with van der Waals surface area (Å²) in [5.41, 5.74) is 4.57. The predicted molar refractivity (Wildman–Crippen MR) is 126 cm³/mol. The summed E-state index contributed by atoms with van der Waals surface area (Å²) in [6.45, 7) is 3.84. The van der Waals surface area contributed by atoms with Crippen molar-refractivity contribution in [3.8, 4) is 34.4 Å². The lowest BCUT2D eigenvalue weighted by molar-refractivity contribution is 0.0467. The van der Waals surface area contributed by atoms with Crippen molar-refractivity contribution in [3.05, 3.63) is 101 Å². The van der Waals surface area contributed by atoms with Gasteiger partial charge in [-0.15, -0.1) is 10.2 Å². The Morgan fingerprint density at radius 1 is 0.735 bits per heavy atom. The Morgan fingerprint density at radius 3 is 1.97 bits per heavy atom. The second-order valence-corrected chi connectivity index (χ2v) is 7.82. The highest BCUT2D eigenvalue weighted by Crippen LogP contribution is 2.25. The monoisotopic (exact) mass is 451 g/mol. The molecule has 0 unspecified atom stereocenters. The number of aryl methyl sites for hydroxylation is 2. The first-order valence-electron chi connectivity index (χ1n) is 10.8. The van der Waals surface area contributed by atoms with Gasteiger partial charge in [-0.1, -0.05) is 35.9 Å². The number of benzene rings is 3. The minimum absolute atomic E-state index is 0.0202. The summed E-state index contributed by atoms with van der Waals surface area (Å²) in [5.74, 6) is 1.47. The smallest absolute Gasteiger partial charge is 0.338 e. The number of carbonyl (C=O) groups is 1. The molecule has 3 aromatic carbocycles. The van der Waals surface area contributed by atoms with Crippen molar-refractivity contribution in [2.45, 2.75) is 20.5 Å². The molecule has 2 heterocycles. The largest absolute Gasteiger partial charge is 0.455 e. The van der Waals surface area contributed by atoms with Crippen molar-refractivity contribution in [1.82, 2.24) is 15.2 Å². The fourth-order valence-corrected chi connectivity index (χ4v) is 3.38. The molecule has 0 aliphatic carbocycles. The molecule has 168 valence electrons. The van der Waals surface area contributed by atoms with Gasteiger partial charge in [-0.3, -0.25) is 0 Å². The summed E-state index contributed by atoms with van der Waals surface area (Å²) >= 11 is 0. The zero-order valence-corrected chi connectivity index (χ0v) is 18.7. The van der Waals surface area contributed by atoms with Gasteiger partial charge in [-0.2, -0.15) is 0 Å². The standard InChI is InChI=1S/C27H21N3O4/c1-17-8-10-20(11-9-17)25-29-30-26(34-25)21-12-14-22(15-13-21)27(31)32-16-23-18(2)33-24(28-23)19-6-4-3-5-7-19/h3-15H,16H2,1-2H3. The molecule has 0 spiro atoms. The van der Waals surface area contributed by atoms with Gasteiger partial charge in [0.25, 0.3) is 0 Å². The van der Waals surface area contributed by atoms with E-state index in [-0.39, 0.29) is 6.61 Å². The van der Waals surface area contributed by atoms with Crippen LogP contribution in [0.4, 0.5) is 0 Å². The van der Waals surface area contributed by atoms with Crippen molar-refractivity contribution in [2.75, 3.05) is 0 Å². The van der Waals surface area contributed by atoms with E-state index < -0.39 is 5.97 Å². The highest BCUT2D eigenvalue weighted by molar-refractivity contribution is 5.89. The van der Waals surface area contributed by atoms with Crippen molar-refractivity contribution >= 4 is 5.97 Å². The van der Waals surface area contributed by atoms with E-state index in [1.807, 2.05) is 61.5 Å². The van der Waals surface area contributed by atoms with Crippen molar-refractivity contribution in [3.63, 3.8) is 0 Å². The summed E-state index contributed by atoms with van der Waals surface area (Å²) in [5, 5.41) is 8.24. The summed E-state index contributed by atoms with van der Waals surface area (Å²) < 4.78 is 17.0. The Morgan fingerprint density at radius 2 is 1.32 bits per heavy atom. The van der Waals surface area contributed by atoms with Gasteiger partial charge < -0.3 is 13.6 Å². The number of ether oxygens (including phenoxy) is 1. The molecular weight excluding hydrogens is 430 g/mol. The normalized spacial score (nSPS) is 10.9. The number of esters is 1. The average molecular weight is 451 g/mol. The van der Waals surface area contributed by atoms with Gasteiger partial charge in [-0.25, -0.2) is 9.78 Å².